The molecule has 3 N–H and O–H groups in total. The van der Waals surface area contributed by atoms with Gasteiger partial charge in [-0.05, 0) is 185 Å². The maximum Gasteiger partial charge on any atom is 0.231 e. The van der Waals surface area contributed by atoms with Crippen LogP contribution >= 0.6 is 27.5 Å². The fraction of sp³-hybridized carbons (Fsp3) is 0.0405. The Hall–Kier alpha value is -10.3. The number of phenolic OH excluding ortho intramolecular Hbond substituents is 1. The first-order valence-electron chi connectivity index (χ1n) is 27.3. The number of nitrogens with one attached hydrogen (secondary N) is 1. The van der Waals surface area contributed by atoms with Gasteiger partial charge in [-0.3, -0.25) is 20.0 Å². The monoisotopic (exact) mass is 1210 g/mol. The van der Waals surface area contributed by atoms with Crippen molar-refractivity contribution in [1.82, 2.24) is 0 Å². The van der Waals surface area contributed by atoms with Gasteiger partial charge >= 0.3 is 0 Å². The highest BCUT2D eigenvalue weighted by molar-refractivity contribution is 9.10. The SMILES string of the molecule is C(=Nc1ccc2c(c1)Cc1ccccc1-2)c1ccccc1.C(=Nc1ccccc1)c1ccc2c(c1)OCO2.C(=[NH+]c1ccccc1)c1ccccc1.COc1ccc(C=Nc2ccc(Cl)cc2)cc1.Oc1ccccc1C=Nc1ccc(Br)cc1.[OH-]. The number of hydrogen-bond donors (Lipinski definition) is 2. The number of rotatable bonds is 11. The van der Waals surface area contributed by atoms with Crippen molar-refractivity contribution < 1.29 is 29.8 Å². The standard InChI is InChI=1S/C20H15N.C14H12ClNO.C14H11NO2.C13H10BrNO.C13H11N.H2O/c1-2-6-15(7-3-1)14-21-18-10-11-20-17(13-18)12-16-8-4-5-9-19(16)20;1-17-14-8-2-11(3-9-14)10-16-13-6-4-12(15)5-7-13;1-2-4-12(5-3-1)15-9-11-6-7-13-14(8-11)17-10-16-13;14-11-5-7-12(8-6-11)15-9-10-3-1-2-4-13(10)16;1-3-7-12(8-4-1)11-14-13-9-5-2-6-10-13;/h1-11,13-14H,12H2;2-10H,1H3;1-9H,10H2;1-9,16H;1-11H;1H2. The Morgan fingerprint density at radius 2 is 0.953 bits per heavy atom. The minimum Gasteiger partial charge on any atom is -0.870 e. The first-order valence-corrected chi connectivity index (χ1v) is 28.5. The molecule has 0 bridgehead atoms. The Balaban J connectivity index is 0.000000140. The van der Waals surface area contributed by atoms with Gasteiger partial charge in [0.15, 0.2) is 17.7 Å². The van der Waals surface area contributed by atoms with E-state index >= 15 is 0 Å². The van der Waals surface area contributed by atoms with Crippen LogP contribution in [0.1, 0.15) is 38.9 Å². The molecule has 0 amide bonds. The maximum absolute atomic E-state index is 9.53. The first-order chi connectivity index (χ1) is 41.8. The van der Waals surface area contributed by atoms with Crippen molar-refractivity contribution >= 4 is 87.0 Å². The van der Waals surface area contributed by atoms with E-state index in [4.69, 9.17) is 25.8 Å². The number of aliphatic imine (C=N–C) groups is 4. The normalized spacial score (nSPS) is 11.5. The molecule has 1 aliphatic carbocycles. The van der Waals surface area contributed by atoms with Crippen molar-refractivity contribution in [3.63, 3.8) is 0 Å². The maximum atomic E-state index is 9.53. The number of hydrogen-bond acceptors (Lipinski definition) is 9. The Bertz CT molecular complexity index is 3960. The lowest BCUT2D eigenvalue weighted by molar-refractivity contribution is -0.346. The number of aromatic hydroxyl groups is 1. The molecule has 13 rings (SSSR count). The van der Waals surface area contributed by atoms with Crippen LogP contribution in [0.2, 0.25) is 5.02 Å². The van der Waals surface area contributed by atoms with Crippen molar-refractivity contribution in [1.29, 1.82) is 0 Å². The lowest BCUT2D eigenvalue weighted by Gasteiger charge is -2.01. The summed E-state index contributed by atoms with van der Waals surface area (Å²) in [7, 11) is 1.65. The Morgan fingerprint density at radius 3 is 1.63 bits per heavy atom. The third kappa shape index (κ3) is 19.7. The van der Waals surface area contributed by atoms with Crippen molar-refractivity contribution in [2.75, 3.05) is 13.9 Å². The number of methoxy groups -OCH3 is 1. The van der Waals surface area contributed by atoms with Crippen LogP contribution in [0.5, 0.6) is 23.0 Å². The summed E-state index contributed by atoms with van der Waals surface area (Å²) in [4.78, 5) is 20.8. The fourth-order valence-electron chi connectivity index (χ4n) is 8.44. The quantitative estimate of drug-likeness (QED) is 0.124. The molecule has 2 aliphatic rings. The van der Waals surface area contributed by atoms with Gasteiger partial charge in [0, 0.05) is 57.6 Å². The average Bonchev–Trinajstić information content (AvgIpc) is 4.40. The summed E-state index contributed by atoms with van der Waals surface area (Å²) in [6, 6.07) is 91.1. The second-order valence-corrected chi connectivity index (χ2v) is 20.3. The lowest BCUT2D eigenvalue weighted by Crippen LogP contribution is -2.61. The molecule has 426 valence electrons. The van der Waals surface area contributed by atoms with Crippen LogP contribution in [-0.4, -0.2) is 55.6 Å². The number of ether oxygens (including phenoxy) is 3. The molecule has 86 heavy (non-hydrogen) atoms. The average molecular weight is 1220 g/mol. The number of benzene rings is 11. The Morgan fingerprint density at radius 1 is 0.453 bits per heavy atom. The molecule has 12 heteroatoms. The summed E-state index contributed by atoms with van der Waals surface area (Å²) >= 11 is 9.16. The molecule has 0 saturated carbocycles. The Labute approximate surface area is 515 Å². The predicted octanol–water partition coefficient (Wildman–Crippen LogP) is 17.5. The molecular formula is C74H61BrClN5O5. The highest BCUT2D eigenvalue weighted by Gasteiger charge is 2.17. The van der Waals surface area contributed by atoms with E-state index in [0.29, 0.717) is 17.4 Å². The van der Waals surface area contributed by atoms with Crippen LogP contribution in [0.25, 0.3) is 11.1 Å². The summed E-state index contributed by atoms with van der Waals surface area (Å²) in [6.45, 7) is 0.300. The van der Waals surface area contributed by atoms with E-state index in [2.05, 4.69) is 108 Å². The van der Waals surface area contributed by atoms with Crippen LogP contribution in [0.3, 0.4) is 0 Å². The minimum atomic E-state index is 0. The largest absolute Gasteiger partial charge is 0.870 e. The van der Waals surface area contributed by atoms with Gasteiger partial charge in [0.1, 0.15) is 11.5 Å². The summed E-state index contributed by atoms with van der Waals surface area (Å²) in [5.74, 6) is 2.65. The van der Waals surface area contributed by atoms with E-state index in [-0.39, 0.29) is 11.2 Å². The number of halogens is 2. The molecule has 0 fully saturated rings. The van der Waals surface area contributed by atoms with Crippen LogP contribution in [0.15, 0.2) is 303 Å². The molecule has 10 nitrogen and oxygen atoms in total. The molecule has 0 radical (unpaired) electrons. The van der Waals surface area contributed by atoms with Gasteiger partial charge in [0.2, 0.25) is 12.5 Å². The van der Waals surface area contributed by atoms with Crippen molar-refractivity contribution in [2.24, 2.45) is 20.0 Å². The van der Waals surface area contributed by atoms with E-state index in [0.717, 1.165) is 73.3 Å². The van der Waals surface area contributed by atoms with E-state index in [1.165, 1.54) is 27.8 Å². The first kappa shape index (κ1) is 61.8. The number of para-hydroxylation sites is 3. The molecule has 11 aromatic rings. The number of phenols is 1. The van der Waals surface area contributed by atoms with Gasteiger partial charge in [-0.1, -0.05) is 155 Å². The highest BCUT2D eigenvalue weighted by Crippen LogP contribution is 2.38. The molecule has 0 saturated heterocycles. The molecule has 1 aliphatic heterocycles. The van der Waals surface area contributed by atoms with Gasteiger partial charge in [-0.15, -0.1) is 0 Å². The summed E-state index contributed by atoms with van der Waals surface area (Å²) < 4.78 is 16.7. The smallest absolute Gasteiger partial charge is 0.231 e. The van der Waals surface area contributed by atoms with Crippen LogP contribution in [-0.2, 0) is 6.42 Å². The zero-order valence-corrected chi connectivity index (χ0v) is 49.4. The van der Waals surface area contributed by atoms with Gasteiger partial charge in [0.25, 0.3) is 0 Å². The van der Waals surface area contributed by atoms with Crippen molar-refractivity contribution in [3.8, 4) is 34.1 Å². The molecule has 0 spiro atoms. The lowest BCUT2D eigenvalue weighted by atomic mass is 10.1. The molecule has 0 unspecified atom stereocenters. The van der Waals surface area contributed by atoms with Gasteiger partial charge in [-0.25, -0.2) is 4.99 Å². The summed E-state index contributed by atoms with van der Waals surface area (Å²) in [6.07, 6.45) is 10.2. The van der Waals surface area contributed by atoms with Gasteiger partial charge < -0.3 is 24.8 Å². The molecule has 0 atom stereocenters. The van der Waals surface area contributed by atoms with Gasteiger partial charge in [-0.2, -0.15) is 0 Å². The zero-order valence-electron chi connectivity index (χ0n) is 47.0. The van der Waals surface area contributed by atoms with Crippen LogP contribution in [0, 0.1) is 0 Å². The predicted molar refractivity (Wildman–Crippen MR) is 356 cm³/mol. The minimum absolute atomic E-state index is 0. The van der Waals surface area contributed by atoms with Crippen LogP contribution in [0.4, 0.5) is 28.4 Å². The molecular weight excluding hydrogens is 1150 g/mol. The zero-order chi connectivity index (χ0) is 58.7. The summed E-state index contributed by atoms with van der Waals surface area (Å²) in [5, 5.41) is 10.3. The number of fused-ring (bicyclic) bond motifs is 4. The summed E-state index contributed by atoms with van der Waals surface area (Å²) in [5.41, 5.74) is 15.3. The number of nitrogens with zero attached hydrogens (tertiary/aromatic N) is 4. The highest BCUT2D eigenvalue weighted by atomic mass is 79.9. The van der Waals surface area contributed by atoms with Crippen molar-refractivity contribution in [3.05, 3.63) is 327 Å². The second-order valence-electron chi connectivity index (χ2n) is 18.9. The van der Waals surface area contributed by atoms with E-state index in [1.807, 2.05) is 225 Å². The van der Waals surface area contributed by atoms with Gasteiger partial charge in [0.05, 0.1) is 29.9 Å². The Kier molecular flexibility index (Phi) is 23.8. The third-order valence-electron chi connectivity index (χ3n) is 12.9. The van der Waals surface area contributed by atoms with Crippen LogP contribution < -0.4 is 19.2 Å². The van der Waals surface area contributed by atoms with Crippen molar-refractivity contribution in [2.45, 2.75) is 6.42 Å². The van der Waals surface area contributed by atoms with E-state index in [9.17, 15) is 5.11 Å². The fourth-order valence-corrected chi connectivity index (χ4v) is 8.83. The van der Waals surface area contributed by atoms with E-state index in [1.54, 1.807) is 25.5 Å². The topological polar surface area (TPSA) is 141 Å². The van der Waals surface area contributed by atoms with E-state index < -0.39 is 0 Å². The second kappa shape index (κ2) is 33.1. The molecule has 1 heterocycles. The molecule has 11 aromatic carbocycles. The third-order valence-corrected chi connectivity index (χ3v) is 13.6. The molecule has 0 aromatic heterocycles.